The number of halogens is 1. The lowest BCUT2D eigenvalue weighted by atomic mass is 10.2. The van der Waals surface area contributed by atoms with Gasteiger partial charge in [-0.3, -0.25) is 4.79 Å². The SMILES string of the molecule is Cc1ccc(NC(=O)COc2ccccc2F)cc1S(N)(=O)=O. The Kier molecular flexibility index (Phi) is 4.97. The predicted molar refractivity (Wildman–Crippen MR) is 83.1 cm³/mol. The average molecular weight is 338 g/mol. The van der Waals surface area contributed by atoms with Crippen molar-refractivity contribution < 1.29 is 22.3 Å². The highest BCUT2D eigenvalue weighted by Crippen LogP contribution is 2.19. The maximum atomic E-state index is 13.4. The van der Waals surface area contributed by atoms with Crippen LogP contribution in [0.5, 0.6) is 5.75 Å². The number of primary sulfonamides is 1. The van der Waals surface area contributed by atoms with Gasteiger partial charge >= 0.3 is 0 Å². The summed E-state index contributed by atoms with van der Waals surface area (Å²) in [5.74, 6) is -1.18. The molecule has 0 radical (unpaired) electrons. The highest BCUT2D eigenvalue weighted by atomic mass is 32.2. The largest absolute Gasteiger partial charge is 0.481 e. The van der Waals surface area contributed by atoms with Gasteiger partial charge in [0.2, 0.25) is 10.0 Å². The van der Waals surface area contributed by atoms with Crippen LogP contribution in [0.3, 0.4) is 0 Å². The first-order chi connectivity index (χ1) is 10.8. The van der Waals surface area contributed by atoms with Gasteiger partial charge in [0.25, 0.3) is 5.91 Å². The molecule has 2 aromatic rings. The number of rotatable bonds is 5. The van der Waals surface area contributed by atoms with Gasteiger partial charge in [-0.15, -0.1) is 0 Å². The molecule has 2 aromatic carbocycles. The van der Waals surface area contributed by atoms with E-state index in [1.165, 1.54) is 36.4 Å². The molecular formula is C15H15FN2O4S. The van der Waals surface area contributed by atoms with Crippen LogP contribution in [0.4, 0.5) is 10.1 Å². The van der Waals surface area contributed by atoms with Gasteiger partial charge in [-0.1, -0.05) is 18.2 Å². The highest BCUT2D eigenvalue weighted by Gasteiger charge is 2.13. The zero-order chi connectivity index (χ0) is 17.0. The summed E-state index contributed by atoms with van der Waals surface area (Å²) in [7, 11) is -3.88. The Hall–Kier alpha value is -2.45. The van der Waals surface area contributed by atoms with Gasteiger partial charge in [0.05, 0.1) is 4.90 Å². The van der Waals surface area contributed by atoms with Crippen LogP contribution < -0.4 is 15.2 Å². The van der Waals surface area contributed by atoms with Crippen LogP contribution in [0.25, 0.3) is 0 Å². The van der Waals surface area contributed by atoms with Crippen molar-refractivity contribution in [3.8, 4) is 5.75 Å². The summed E-state index contributed by atoms with van der Waals surface area (Å²) < 4.78 is 41.3. The number of para-hydroxylation sites is 1. The molecule has 0 saturated heterocycles. The molecule has 0 bridgehead atoms. The zero-order valence-corrected chi connectivity index (χ0v) is 13.1. The number of nitrogens with one attached hydrogen (secondary N) is 1. The molecule has 23 heavy (non-hydrogen) atoms. The van der Waals surface area contributed by atoms with Crippen LogP contribution in [0.15, 0.2) is 47.4 Å². The number of benzene rings is 2. The Morgan fingerprint density at radius 3 is 2.61 bits per heavy atom. The van der Waals surface area contributed by atoms with Crippen molar-refractivity contribution in [1.82, 2.24) is 0 Å². The van der Waals surface area contributed by atoms with Crippen molar-refractivity contribution >= 4 is 21.6 Å². The molecule has 0 unspecified atom stereocenters. The summed E-state index contributed by atoms with van der Waals surface area (Å²) in [6, 6.07) is 10.0. The quantitative estimate of drug-likeness (QED) is 0.868. The Morgan fingerprint density at radius 2 is 1.96 bits per heavy atom. The van der Waals surface area contributed by atoms with E-state index in [4.69, 9.17) is 9.88 Å². The third kappa shape index (κ3) is 4.51. The second kappa shape index (κ2) is 6.76. The second-order valence-corrected chi connectivity index (χ2v) is 6.32. The van der Waals surface area contributed by atoms with E-state index in [0.717, 1.165) is 0 Å². The van der Waals surface area contributed by atoms with Crippen LogP contribution in [-0.4, -0.2) is 20.9 Å². The number of nitrogens with two attached hydrogens (primary N) is 1. The Balaban J connectivity index is 2.05. The fourth-order valence-corrected chi connectivity index (χ4v) is 2.69. The third-order valence-corrected chi connectivity index (χ3v) is 4.03. The number of hydrogen-bond donors (Lipinski definition) is 2. The first-order valence-corrected chi connectivity index (χ1v) is 8.12. The lowest BCUT2D eigenvalue weighted by Crippen LogP contribution is -2.21. The van der Waals surface area contributed by atoms with Crippen molar-refractivity contribution in [2.24, 2.45) is 5.14 Å². The lowest BCUT2D eigenvalue weighted by molar-refractivity contribution is -0.118. The molecule has 0 aliphatic rings. The van der Waals surface area contributed by atoms with E-state index >= 15 is 0 Å². The van der Waals surface area contributed by atoms with Crippen LogP contribution in [0.2, 0.25) is 0 Å². The van der Waals surface area contributed by atoms with Crippen molar-refractivity contribution in [2.75, 3.05) is 11.9 Å². The topological polar surface area (TPSA) is 98.5 Å². The molecule has 122 valence electrons. The Morgan fingerprint density at radius 1 is 1.26 bits per heavy atom. The Bertz CT molecular complexity index is 837. The molecule has 0 fully saturated rings. The van der Waals surface area contributed by atoms with Crippen LogP contribution in [0, 0.1) is 12.7 Å². The van der Waals surface area contributed by atoms with E-state index in [2.05, 4.69) is 5.32 Å². The van der Waals surface area contributed by atoms with E-state index in [1.54, 1.807) is 13.0 Å². The standard InChI is InChI=1S/C15H15FN2O4S/c1-10-6-7-11(8-14(10)23(17,20)21)18-15(19)9-22-13-5-3-2-4-12(13)16/h2-8H,9H2,1H3,(H,18,19)(H2,17,20,21). The molecule has 0 aromatic heterocycles. The van der Waals surface area contributed by atoms with Gasteiger partial charge in [0.1, 0.15) is 0 Å². The summed E-state index contributed by atoms with van der Waals surface area (Å²) in [5, 5.41) is 7.57. The highest BCUT2D eigenvalue weighted by molar-refractivity contribution is 7.89. The maximum Gasteiger partial charge on any atom is 0.262 e. The number of aryl methyl sites for hydroxylation is 1. The number of ether oxygens (including phenoxy) is 1. The molecule has 0 saturated carbocycles. The van der Waals surface area contributed by atoms with Crippen molar-refractivity contribution in [2.45, 2.75) is 11.8 Å². The minimum Gasteiger partial charge on any atom is -0.481 e. The fourth-order valence-electron chi connectivity index (χ4n) is 1.89. The van der Waals surface area contributed by atoms with Crippen LogP contribution in [-0.2, 0) is 14.8 Å². The Labute approximate surface area is 133 Å². The molecule has 0 aliphatic carbocycles. The number of amides is 1. The van der Waals surface area contributed by atoms with E-state index in [0.29, 0.717) is 5.56 Å². The van der Waals surface area contributed by atoms with Gasteiger partial charge in [-0.25, -0.2) is 17.9 Å². The molecule has 0 atom stereocenters. The first-order valence-electron chi connectivity index (χ1n) is 6.58. The van der Waals surface area contributed by atoms with Crippen LogP contribution in [0.1, 0.15) is 5.56 Å². The fraction of sp³-hybridized carbons (Fsp3) is 0.133. The summed E-state index contributed by atoms with van der Waals surface area (Å²) in [6.07, 6.45) is 0. The van der Waals surface area contributed by atoms with E-state index < -0.39 is 28.4 Å². The van der Waals surface area contributed by atoms with Crippen LogP contribution >= 0.6 is 0 Å². The number of hydrogen-bond acceptors (Lipinski definition) is 4. The van der Waals surface area contributed by atoms with Gasteiger partial charge in [-0.2, -0.15) is 0 Å². The number of carbonyl (C=O) groups is 1. The van der Waals surface area contributed by atoms with Crippen molar-refractivity contribution in [1.29, 1.82) is 0 Å². The monoisotopic (exact) mass is 338 g/mol. The molecule has 6 nitrogen and oxygen atoms in total. The van der Waals surface area contributed by atoms with Crippen molar-refractivity contribution in [3.63, 3.8) is 0 Å². The van der Waals surface area contributed by atoms with Gasteiger partial charge in [0.15, 0.2) is 18.2 Å². The van der Waals surface area contributed by atoms with E-state index in [-0.39, 0.29) is 16.3 Å². The molecule has 2 rings (SSSR count). The average Bonchev–Trinajstić information content (AvgIpc) is 2.47. The summed E-state index contributed by atoms with van der Waals surface area (Å²) in [6.45, 7) is 1.17. The summed E-state index contributed by atoms with van der Waals surface area (Å²) >= 11 is 0. The minimum absolute atomic E-state index is 0.0446. The number of sulfonamides is 1. The van der Waals surface area contributed by atoms with Gasteiger partial charge in [0, 0.05) is 5.69 Å². The number of carbonyl (C=O) groups excluding carboxylic acids is 1. The maximum absolute atomic E-state index is 13.4. The van der Waals surface area contributed by atoms with Crippen molar-refractivity contribution in [3.05, 3.63) is 53.8 Å². The molecule has 0 heterocycles. The second-order valence-electron chi connectivity index (χ2n) is 4.79. The van der Waals surface area contributed by atoms with E-state index in [9.17, 15) is 17.6 Å². The predicted octanol–water partition coefficient (Wildman–Crippen LogP) is 1.80. The molecule has 8 heteroatoms. The summed E-state index contributed by atoms with van der Waals surface area (Å²) in [5.41, 5.74) is 0.717. The van der Waals surface area contributed by atoms with Gasteiger partial charge < -0.3 is 10.1 Å². The zero-order valence-electron chi connectivity index (χ0n) is 12.2. The first kappa shape index (κ1) is 16.9. The van der Waals surface area contributed by atoms with Gasteiger partial charge in [-0.05, 0) is 36.8 Å². The van der Waals surface area contributed by atoms with E-state index in [1.807, 2.05) is 0 Å². The minimum atomic E-state index is -3.88. The molecular weight excluding hydrogens is 323 g/mol. The third-order valence-electron chi connectivity index (χ3n) is 2.97. The normalized spacial score (nSPS) is 11.1. The molecule has 3 N–H and O–H groups in total. The summed E-state index contributed by atoms with van der Waals surface area (Å²) in [4.78, 5) is 11.7. The molecule has 1 amide bonds. The molecule has 0 spiro atoms. The number of anilines is 1. The lowest BCUT2D eigenvalue weighted by Gasteiger charge is -2.10. The molecule has 0 aliphatic heterocycles. The smallest absolute Gasteiger partial charge is 0.262 e.